The van der Waals surface area contributed by atoms with E-state index in [1.807, 2.05) is 0 Å². The van der Waals surface area contributed by atoms with Crippen LogP contribution in [0.5, 0.6) is 0 Å². The van der Waals surface area contributed by atoms with E-state index in [9.17, 15) is 0 Å². The van der Waals surface area contributed by atoms with Gasteiger partial charge in [0.25, 0.3) is 0 Å². The number of hydrogen-bond acceptors (Lipinski definition) is 0. The van der Waals surface area contributed by atoms with Crippen LogP contribution in [0.1, 0.15) is 39.8 Å². The normalized spacial score (nSPS) is 21.2. The van der Waals surface area contributed by atoms with Gasteiger partial charge in [0.15, 0.2) is 0 Å². The Morgan fingerprint density at radius 1 is 0.385 bits per heavy atom. The molecule has 1 aromatic rings. The van der Waals surface area contributed by atoms with Gasteiger partial charge < -0.3 is 0 Å². The first kappa shape index (κ1) is 6.64. The molecule has 0 amide bonds. The molecule has 0 fully saturated rings. The maximum absolute atomic E-state index is 1.80. The molecule has 5 rings (SSSR count). The molecular formula is C13H14. The van der Waals surface area contributed by atoms with E-state index in [2.05, 4.69) is 0 Å². The van der Waals surface area contributed by atoms with E-state index in [0.29, 0.717) is 0 Å². The van der Waals surface area contributed by atoms with Crippen molar-refractivity contribution in [3.05, 3.63) is 33.4 Å². The quantitative estimate of drug-likeness (QED) is 0.560. The average Bonchev–Trinajstić information content (AvgIpc) is 2.59. The van der Waals surface area contributed by atoms with Gasteiger partial charge >= 0.3 is 0 Å². The van der Waals surface area contributed by atoms with E-state index in [4.69, 9.17) is 0 Å². The van der Waals surface area contributed by atoms with Crippen LogP contribution in [0, 0.1) is 0 Å². The summed E-state index contributed by atoms with van der Waals surface area (Å²) < 4.78 is 0. The Balaban J connectivity index is 2.21. The zero-order valence-corrected chi connectivity index (χ0v) is 7.95. The molecule has 4 aliphatic rings. The van der Waals surface area contributed by atoms with Crippen LogP contribution in [0.4, 0.5) is 0 Å². The third-order valence-corrected chi connectivity index (χ3v) is 4.29. The molecule has 0 N–H and O–H groups in total. The van der Waals surface area contributed by atoms with Crippen LogP contribution in [-0.2, 0) is 38.5 Å². The Labute approximate surface area is 79.0 Å². The first-order valence-corrected chi connectivity index (χ1v) is 5.62. The number of benzene rings is 1. The maximum atomic E-state index is 1.80. The lowest BCUT2D eigenvalue weighted by atomic mass is 9.75. The number of fused-ring (bicyclic) bond motifs is 1. The molecule has 0 aromatic heterocycles. The van der Waals surface area contributed by atoms with Crippen LogP contribution < -0.4 is 0 Å². The molecule has 0 heterocycles. The Kier molecular flexibility index (Phi) is 1.02. The fourth-order valence-electron chi connectivity index (χ4n) is 3.85. The van der Waals surface area contributed by atoms with Crippen LogP contribution >= 0.6 is 0 Å². The molecule has 0 aliphatic heterocycles. The maximum Gasteiger partial charge on any atom is -0.0232 e. The van der Waals surface area contributed by atoms with Crippen LogP contribution in [0.25, 0.3) is 0 Å². The van der Waals surface area contributed by atoms with Crippen molar-refractivity contribution in [3.63, 3.8) is 0 Å². The summed E-state index contributed by atoms with van der Waals surface area (Å²) in [7, 11) is 0. The summed E-state index contributed by atoms with van der Waals surface area (Å²) in [6.07, 6.45) is 9.74. The Morgan fingerprint density at radius 2 is 0.692 bits per heavy atom. The highest BCUT2D eigenvalue weighted by Gasteiger charge is 2.32. The minimum absolute atomic E-state index is 1.38. The van der Waals surface area contributed by atoms with Gasteiger partial charge in [0.05, 0.1) is 0 Å². The highest BCUT2D eigenvalue weighted by atomic mass is 14.4. The van der Waals surface area contributed by atoms with Crippen molar-refractivity contribution in [1.29, 1.82) is 0 Å². The first-order valence-electron chi connectivity index (χ1n) is 5.62. The number of rotatable bonds is 0. The topological polar surface area (TPSA) is 0 Å². The van der Waals surface area contributed by atoms with Crippen molar-refractivity contribution in [1.82, 2.24) is 0 Å². The van der Waals surface area contributed by atoms with Gasteiger partial charge in [-0.05, 0) is 78.3 Å². The highest BCUT2D eigenvalue weighted by Crippen LogP contribution is 2.44. The van der Waals surface area contributed by atoms with Gasteiger partial charge in [-0.3, -0.25) is 0 Å². The molecular weight excluding hydrogens is 156 g/mol. The molecule has 0 spiro atoms. The first-order chi connectivity index (χ1) is 6.45. The fourth-order valence-corrected chi connectivity index (χ4v) is 3.85. The minimum Gasteiger partial charge on any atom is -0.0451 e. The van der Waals surface area contributed by atoms with Crippen molar-refractivity contribution < 1.29 is 0 Å². The van der Waals surface area contributed by atoms with Crippen LogP contribution in [0.15, 0.2) is 0 Å². The second-order valence-corrected chi connectivity index (χ2v) is 4.72. The van der Waals surface area contributed by atoms with Crippen LogP contribution in [0.2, 0.25) is 0 Å². The molecule has 0 heteroatoms. The minimum atomic E-state index is 1.38. The molecule has 66 valence electrons. The van der Waals surface area contributed by atoms with Gasteiger partial charge in [-0.2, -0.15) is 0 Å². The number of hydrogen-bond donors (Lipinski definition) is 0. The van der Waals surface area contributed by atoms with E-state index in [1.165, 1.54) is 44.9 Å². The van der Waals surface area contributed by atoms with Crippen molar-refractivity contribution in [2.45, 2.75) is 44.9 Å². The summed E-state index contributed by atoms with van der Waals surface area (Å²) in [5, 5.41) is 0. The zero-order valence-electron chi connectivity index (χ0n) is 7.95. The van der Waals surface area contributed by atoms with Gasteiger partial charge in [-0.1, -0.05) is 0 Å². The Morgan fingerprint density at radius 3 is 1.08 bits per heavy atom. The molecule has 13 heavy (non-hydrogen) atoms. The van der Waals surface area contributed by atoms with E-state index < -0.39 is 0 Å². The van der Waals surface area contributed by atoms with Gasteiger partial charge in [-0.25, -0.2) is 0 Å². The lowest BCUT2D eigenvalue weighted by Crippen LogP contribution is -2.18. The Hall–Kier alpha value is -0.780. The predicted octanol–water partition coefficient (Wildman–Crippen LogP) is 2.37. The molecule has 0 saturated carbocycles. The lowest BCUT2D eigenvalue weighted by molar-refractivity contribution is 0.713. The summed E-state index contributed by atoms with van der Waals surface area (Å²) in [5.41, 5.74) is 10.8. The third kappa shape index (κ3) is 0.620. The monoisotopic (exact) mass is 170 g/mol. The molecule has 4 aliphatic carbocycles. The van der Waals surface area contributed by atoms with Crippen LogP contribution in [-0.4, -0.2) is 0 Å². The van der Waals surface area contributed by atoms with E-state index >= 15 is 0 Å². The SMILES string of the molecule is C1Cc2c3c(c4c(c2CC4)CC3)C1. The van der Waals surface area contributed by atoms with Crippen molar-refractivity contribution >= 4 is 0 Å². The summed E-state index contributed by atoms with van der Waals surface area (Å²) in [6, 6.07) is 0. The van der Waals surface area contributed by atoms with E-state index in [-0.39, 0.29) is 0 Å². The smallest absolute Gasteiger partial charge is 0.0232 e. The third-order valence-electron chi connectivity index (χ3n) is 4.29. The standard InChI is InChI=1S/C13H14/c1-2-8-10-4-7-13-11(8)5-6-12(13)9(10)3-1/h1-7H2. The van der Waals surface area contributed by atoms with Gasteiger partial charge in [0.1, 0.15) is 0 Å². The van der Waals surface area contributed by atoms with Crippen molar-refractivity contribution in [2.24, 2.45) is 0 Å². The lowest BCUT2D eigenvalue weighted by Gasteiger charge is -2.30. The molecule has 0 unspecified atom stereocenters. The van der Waals surface area contributed by atoms with Gasteiger partial charge in [0, 0.05) is 0 Å². The molecule has 0 nitrogen and oxygen atoms in total. The summed E-state index contributed by atoms with van der Waals surface area (Å²) in [5.74, 6) is 0. The van der Waals surface area contributed by atoms with Crippen molar-refractivity contribution in [3.8, 4) is 0 Å². The van der Waals surface area contributed by atoms with E-state index in [0.717, 1.165) is 0 Å². The van der Waals surface area contributed by atoms with Crippen LogP contribution in [0.3, 0.4) is 0 Å². The summed E-state index contributed by atoms with van der Waals surface area (Å²) >= 11 is 0. The molecule has 0 saturated heterocycles. The summed E-state index contributed by atoms with van der Waals surface area (Å²) in [4.78, 5) is 0. The summed E-state index contributed by atoms with van der Waals surface area (Å²) in [6.45, 7) is 0. The second-order valence-electron chi connectivity index (χ2n) is 4.72. The largest absolute Gasteiger partial charge is 0.0451 e. The average molecular weight is 170 g/mol. The van der Waals surface area contributed by atoms with Gasteiger partial charge in [0.2, 0.25) is 0 Å². The fraction of sp³-hybridized carbons (Fsp3) is 0.538. The highest BCUT2D eigenvalue weighted by molar-refractivity contribution is 5.60. The molecule has 1 aromatic carbocycles. The second kappa shape index (κ2) is 2.00. The van der Waals surface area contributed by atoms with Gasteiger partial charge in [-0.15, -0.1) is 0 Å². The molecule has 0 atom stereocenters. The van der Waals surface area contributed by atoms with E-state index in [1.54, 1.807) is 33.4 Å². The Bertz CT molecular complexity index is 380. The predicted molar refractivity (Wildman–Crippen MR) is 53.3 cm³/mol. The zero-order chi connectivity index (χ0) is 8.41. The molecule has 6 bridgehead atoms. The van der Waals surface area contributed by atoms with Crippen molar-refractivity contribution in [2.75, 3.05) is 0 Å². The molecule has 0 radical (unpaired) electrons.